The van der Waals surface area contributed by atoms with Crippen molar-refractivity contribution in [1.29, 1.82) is 0 Å². The van der Waals surface area contributed by atoms with Crippen LogP contribution < -0.4 is 0 Å². The topological polar surface area (TPSA) is 40.6 Å². The molecule has 1 aliphatic rings. The second-order valence-electron chi connectivity index (χ2n) is 7.31. The van der Waals surface area contributed by atoms with Crippen LogP contribution in [0.25, 0.3) is 0 Å². The molecule has 1 heterocycles. The molecule has 0 radical (unpaired) electrons. The number of piperazine rings is 1. The van der Waals surface area contributed by atoms with E-state index < -0.39 is 9.74 Å². The Hall–Kier alpha value is -1.34. The molecule has 2 aromatic rings. The number of likely N-dealkylation sites (N-methyl/N-ethyl adjacent to an activating group) is 2. The van der Waals surface area contributed by atoms with Crippen molar-refractivity contribution >= 4 is 58.5 Å². The van der Waals surface area contributed by atoms with Crippen molar-refractivity contribution in [1.82, 2.24) is 9.80 Å². The van der Waals surface area contributed by atoms with E-state index in [0.717, 1.165) is 11.1 Å². The molecule has 2 atom stereocenters. The van der Waals surface area contributed by atoms with E-state index in [4.69, 9.17) is 23.2 Å². The Kier molecular flexibility index (Phi) is 7.02. The molecule has 2 amide bonds. The van der Waals surface area contributed by atoms with Gasteiger partial charge in [-0.25, -0.2) is 0 Å². The van der Waals surface area contributed by atoms with Crippen molar-refractivity contribution in [3.8, 4) is 0 Å². The van der Waals surface area contributed by atoms with Gasteiger partial charge in [0.05, 0.1) is 0 Å². The predicted molar refractivity (Wildman–Crippen MR) is 128 cm³/mol. The molecular weight excluding hydrogens is 459 g/mol. The molecule has 0 aromatic heterocycles. The molecule has 0 bridgehead atoms. The van der Waals surface area contributed by atoms with Gasteiger partial charge in [-0.3, -0.25) is 9.59 Å². The molecule has 0 N–H and O–H groups in total. The van der Waals surface area contributed by atoms with Crippen LogP contribution in [-0.2, 0) is 22.4 Å². The van der Waals surface area contributed by atoms with Gasteiger partial charge in [0.1, 0.15) is 0 Å². The zero-order valence-electron chi connectivity index (χ0n) is 17.3. The van der Waals surface area contributed by atoms with Crippen LogP contribution in [0.1, 0.15) is 11.1 Å². The molecular formula is C22H24Cl2N2O2S2. The van der Waals surface area contributed by atoms with Crippen LogP contribution in [0, 0.1) is 0 Å². The van der Waals surface area contributed by atoms with Gasteiger partial charge in [-0.15, -0.1) is 23.5 Å². The van der Waals surface area contributed by atoms with Crippen LogP contribution in [0.15, 0.2) is 48.5 Å². The minimum atomic E-state index is -1.01. The predicted octanol–water partition coefficient (Wildman–Crippen LogP) is 4.83. The van der Waals surface area contributed by atoms with Crippen LogP contribution in [-0.4, -0.2) is 58.0 Å². The third-order valence-corrected chi connectivity index (χ3v) is 8.79. The van der Waals surface area contributed by atoms with E-state index in [1.54, 1.807) is 48.2 Å². The molecule has 8 heteroatoms. The Morgan fingerprint density at radius 2 is 1.00 bits per heavy atom. The fraction of sp³-hybridized carbons (Fsp3) is 0.364. The molecule has 30 heavy (non-hydrogen) atoms. The van der Waals surface area contributed by atoms with Crippen molar-refractivity contribution in [2.75, 3.05) is 26.6 Å². The summed E-state index contributed by atoms with van der Waals surface area (Å²) in [5.74, 6) is -0.175. The van der Waals surface area contributed by atoms with Crippen molar-refractivity contribution in [2.24, 2.45) is 0 Å². The van der Waals surface area contributed by atoms with E-state index in [-0.39, 0.29) is 11.8 Å². The number of carbonyl (C=O) groups is 2. The summed E-state index contributed by atoms with van der Waals surface area (Å²) in [7, 11) is 3.46. The summed E-state index contributed by atoms with van der Waals surface area (Å²) in [6.07, 6.45) is 4.55. The van der Waals surface area contributed by atoms with Gasteiger partial charge in [-0.05, 0) is 47.9 Å². The van der Waals surface area contributed by atoms with E-state index >= 15 is 0 Å². The van der Waals surface area contributed by atoms with Gasteiger partial charge in [-0.2, -0.15) is 0 Å². The summed E-state index contributed by atoms with van der Waals surface area (Å²) < 4.78 is 0. The minimum Gasteiger partial charge on any atom is -0.320 e. The first-order valence-electron chi connectivity index (χ1n) is 9.36. The lowest BCUT2D eigenvalue weighted by molar-refractivity contribution is -0.163. The van der Waals surface area contributed by atoms with Gasteiger partial charge in [0.2, 0.25) is 0 Å². The quantitative estimate of drug-likeness (QED) is 0.591. The highest BCUT2D eigenvalue weighted by atomic mass is 35.5. The largest absolute Gasteiger partial charge is 0.320 e. The average Bonchev–Trinajstić information content (AvgIpc) is 2.76. The SMILES string of the molecule is CS[C@@]1(Cc2ccc(Cl)cc2)C(=O)N(C)[C@@](Cc2ccc(Cl)cc2)(SC)C(=O)N1C. The Morgan fingerprint density at radius 1 is 0.700 bits per heavy atom. The molecule has 0 aliphatic carbocycles. The highest BCUT2D eigenvalue weighted by Gasteiger charge is 2.60. The number of amides is 2. The summed E-state index contributed by atoms with van der Waals surface area (Å²) >= 11 is 14.8. The number of benzene rings is 2. The lowest BCUT2D eigenvalue weighted by Gasteiger charge is -2.54. The first-order valence-corrected chi connectivity index (χ1v) is 12.6. The van der Waals surface area contributed by atoms with E-state index in [2.05, 4.69) is 0 Å². The first-order chi connectivity index (χ1) is 14.2. The number of rotatable bonds is 6. The molecule has 0 saturated carbocycles. The Labute approximate surface area is 196 Å². The highest BCUT2D eigenvalue weighted by Crippen LogP contribution is 2.45. The van der Waals surface area contributed by atoms with Crippen LogP contribution in [0.2, 0.25) is 10.0 Å². The third-order valence-electron chi connectivity index (χ3n) is 5.75. The monoisotopic (exact) mass is 482 g/mol. The van der Waals surface area contributed by atoms with Crippen LogP contribution in [0.3, 0.4) is 0 Å². The highest BCUT2D eigenvalue weighted by molar-refractivity contribution is 8.01. The van der Waals surface area contributed by atoms with Gasteiger partial charge in [0.15, 0.2) is 9.74 Å². The summed E-state index contributed by atoms with van der Waals surface area (Å²) in [6.45, 7) is 0. The summed E-state index contributed by atoms with van der Waals surface area (Å²) in [5.41, 5.74) is 1.90. The minimum absolute atomic E-state index is 0.0876. The van der Waals surface area contributed by atoms with E-state index in [1.807, 2.05) is 36.8 Å². The fourth-order valence-electron chi connectivity index (χ4n) is 3.88. The zero-order valence-corrected chi connectivity index (χ0v) is 20.5. The second kappa shape index (κ2) is 9.03. The van der Waals surface area contributed by atoms with Crippen LogP contribution >= 0.6 is 46.7 Å². The van der Waals surface area contributed by atoms with E-state index in [9.17, 15) is 9.59 Å². The summed E-state index contributed by atoms with van der Waals surface area (Å²) in [6, 6.07) is 14.8. The molecule has 0 spiro atoms. The van der Waals surface area contributed by atoms with E-state index in [0.29, 0.717) is 22.9 Å². The Balaban J connectivity index is 2.00. The number of halogens is 2. The average molecular weight is 483 g/mol. The van der Waals surface area contributed by atoms with Crippen LogP contribution in [0.4, 0.5) is 0 Å². The van der Waals surface area contributed by atoms with Crippen molar-refractivity contribution < 1.29 is 9.59 Å². The molecule has 1 aliphatic heterocycles. The van der Waals surface area contributed by atoms with Gasteiger partial charge in [0, 0.05) is 37.0 Å². The number of thioether (sulfide) groups is 2. The lowest BCUT2D eigenvalue weighted by atomic mass is 9.94. The molecule has 2 aromatic carbocycles. The first kappa shape index (κ1) is 23.3. The van der Waals surface area contributed by atoms with Gasteiger partial charge < -0.3 is 9.80 Å². The summed E-state index contributed by atoms with van der Waals surface area (Å²) in [5, 5.41) is 1.27. The maximum atomic E-state index is 13.8. The Morgan fingerprint density at radius 3 is 1.27 bits per heavy atom. The number of hydrogen-bond acceptors (Lipinski definition) is 4. The maximum absolute atomic E-state index is 13.8. The summed E-state index contributed by atoms with van der Waals surface area (Å²) in [4.78, 5) is 28.8. The van der Waals surface area contributed by atoms with Crippen molar-refractivity contribution in [3.63, 3.8) is 0 Å². The Bertz CT molecular complexity index is 862. The van der Waals surface area contributed by atoms with E-state index in [1.165, 1.54) is 23.5 Å². The van der Waals surface area contributed by atoms with Crippen molar-refractivity contribution in [3.05, 3.63) is 69.7 Å². The third kappa shape index (κ3) is 3.95. The smallest absolute Gasteiger partial charge is 0.260 e. The molecule has 4 nitrogen and oxygen atoms in total. The number of carbonyl (C=O) groups excluding carboxylic acids is 2. The van der Waals surface area contributed by atoms with Gasteiger partial charge >= 0.3 is 0 Å². The number of hydrogen-bond donors (Lipinski definition) is 0. The van der Waals surface area contributed by atoms with Gasteiger partial charge in [0.25, 0.3) is 11.8 Å². The second-order valence-corrected chi connectivity index (χ2v) is 10.4. The van der Waals surface area contributed by atoms with Crippen molar-refractivity contribution in [2.45, 2.75) is 22.6 Å². The zero-order chi connectivity index (χ0) is 22.1. The van der Waals surface area contributed by atoms with Crippen LogP contribution in [0.5, 0.6) is 0 Å². The maximum Gasteiger partial charge on any atom is 0.260 e. The number of nitrogens with zero attached hydrogens (tertiary/aromatic N) is 2. The normalized spacial score (nSPS) is 24.5. The molecule has 1 saturated heterocycles. The fourth-order valence-corrected chi connectivity index (χ4v) is 6.09. The molecule has 160 valence electrons. The standard InChI is InChI=1S/C22H24Cl2N2O2S2/c1-25-19(27)22(30-4,14-16-7-11-18(24)12-8-16)26(2)20(28)21(25,29-3)13-15-5-9-17(23)10-6-15/h5-12H,13-14H2,1-4H3/t21-,22-/m0/s1. The lowest BCUT2D eigenvalue weighted by Crippen LogP contribution is -2.74. The molecule has 0 unspecified atom stereocenters. The molecule has 1 fully saturated rings. The van der Waals surface area contributed by atoms with Gasteiger partial charge in [-0.1, -0.05) is 47.5 Å². The molecule has 3 rings (SSSR count).